The molecule has 6 nitrogen and oxygen atoms in total. The molecule has 0 spiro atoms. The molecule has 1 aliphatic heterocycles. The van der Waals surface area contributed by atoms with E-state index in [1.54, 1.807) is 12.1 Å². The second kappa shape index (κ2) is 5.76. The van der Waals surface area contributed by atoms with Crippen molar-refractivity contribution in [2.75, 3.05) is 38.6 Å². The molecule has 1 aromatic rings. The Bertz CT molecular complexity index is 496. The van der Waals surface area contributed by atoms with Gasteiger partial charge in [-0.2, -0.15) is 0 Å². The van der Waals surface area contributed by atoms with Crippen LogP contribution in [0.5, 0.6) is 0 Å². The minimum absolute atomic E-state index is 0.100. The van der Waals surface area contributed by atoms with Crippen molar-refractivity contribution in [1.82, 2.24) is 4.90 Å². The van der Waals surface area contributed by atoms with Crippen LogP contribution in [-0.4, -0.2) is 42.7 Å². The van der Waals surface area contributed by atoms with Gasteiger partial charge in [0.05, 0.1) is 18.1 Å². The molecule has 1 heterocycles. The summed E-state index contributed by atoms with van der Waals surface area (Å²) in [4.78, 5) is 13.2. The van der Waals surface area contributed by atoms with E-state index in [9.17, 15) is 10.1 Å². The lowest BCUT2D eigenvalue weighted by Gasteiger charge is -2.34. The number of ether oxygens (including phenoxy) is 1. The van der Waals surface area contributed by atoms with Crippen LogP contribution in [-0.2, 0) is 10.2 Å². The van der Waals surface area contributed by atoms with Crippen LogP contribution in [0, 0.1) is 10.1 Å². The average molecular weight is 279 g/mol. The van der Waals surface area contributed by atoms with Gasteiger partial charge in [-0.1, -0.05) is 13.8 Å². The Morgan fingerprint density at radius 2 is 2.05 bits per heavy atom. The van der Waals surface area contributed by atoms with Gasteiger partial charge in [0.2, 0.25) is 0 Å². The molecule has 0 atom stereocenters. The number of rotatable bonds is 4. The Labute approximate surface area is 118 Å². The molecule has 1 aromatic carbocycles. The van der Waals surface area contributed by atoms with E-state index in [2.05, 4.69) is 4.90 Å². The fraction of sp³-hybridized carbons (Fsp3) is 0.571. The van der Waals surface area contributed by atoms with Gasteiger partial charge >= 0.3 is 0 Å². The van der Waals surface area contributed by atoms with Crippen LogP contribution in [0.15, 0.2) is 18.2 Å². The molecule has 0 saturated carbocycles. The van der Waals surface area contributed by atoms with Gasteiger partial charge in [0.25, 0.3) is 5.69 Å². The number of anilines is 1. The van der Waals surface area contributed by atoms with Crippen molar-refractivity contribution in [1.29, 1.82) is 0 Å². The first-order chi connectivity index (χ1) is 9.40. The fourth-order valence-corrected chi connectivity index (χ4v) is 2.68. The van der Waals surface area contributed by atoms with Crippen molar-refractivity contribution in [3.63, 3.8) is 0 Å². The van der Waals surface area contributed by atoms with Crippen molar-refractivity contribution < 1.29 is 9.66 Å². The van der Waals surface area contributed by atoms with E-state index in [1.165, 1.54) is 6.07 Å². The van der Waals surface area contributed by atoms with Crippen molar-refractivity contribution in [3.8, 4) is 0 Å². The molecule has 2 rings (SSSR count). The normalized spacial score (nSPS) is 17.1. The zero-order chi connectivity index (χ0) is 14.8. The van der Waals surface area contributed by atoms with Crippen LogP contribution in [0.25, 0.3) is 0 Å². The third-order valence-corrected chi connectivity index (χ3v) is 3.67. The van der Waals surface area contributed by atoms with Gasteiger partial charge in [0.1, 0.15) is 0 Å². The summed E-state index contributed by atoms with van der Waals surface area (Å²) >= 11 is 0. The quantitative estimate of drug-likeness (QED) is 0.516. The number of nitrogens with two attached hydrogens (primary N) is 1. The lowest BCUT2D eigenvalue weighted by atomic mass is 9.82. The van der Waals surface area contributed by atoms with Gasteiger partial charge in [-0.15, -0.1) is 0 Å². The zero-order valence-electron chi connectivity index (χ0n) is 12.0. The molecule has 1 fully saturated rings. The van der Waals surface area contributed by atoms with Gasteiger partial charge in [-0.3, -0.25) is 15.0 Å². The van der Waals surface area contributed by atoms with Crippen LogP contribution in [0.4, 0.5) is 11.4 Å². The maximum absolute atomic E-state index is 11.2. The number of nitrogens with zero attached hydrogens (tertiary/aromatic N) is 2. The molecular weight excluding hydrogens is 258 g/mol. The minimum atomic E-state index is -0.354. The summed E-state index contributed by atoms with van der Waals surface area (Å²) in [5, 5.41) is 11.2. The van der Waals surface area contributed by atoms with E-state index in [0.29, 0.717) is 5.69 Å². The van der Waals surface area contributed by atoms with E-state index in [1.807, 2.05) is 13.8 Å². The van der Waals surface area contributed by atoms with Crippen LogP contribution >= 0.6 is 0 Å². The van der Waals surface area contributed by atoms with E-state index >= 15 is 0 Å². The van der Waals surface area contributed by atoms with Crippen molar-refractivity contribution in [3.05, 3.63) is 33.9 Å². The van der Waals surface area contributed by atoms with Crippen molar-refractivity contribution in [2.45, 2.75) is 19.3 Å². The molecule has 1 saturated heterocycles. The molecule has 2 N–H and O–H groups in total. The van der Waals surface area contributed by atoms with Gasteiger partial charge in [0, 0.05) is 42.4 Å². The number of nitro benzene ring substituents is 1. The van der Waals surface area contributed by atoms with Crippen molar-refractivity contribution >= 4 is 11.4 Å². The second-order valence-corrected chi connectivity index (χ2v) is 5.81. The number of morpholine rings is 1. The summed E-state index contributed by atoms with van der Waals surface area (Å²) in [6.07, 6.45) is 0. The SMILES string of the molecule is CC(C)(CN1CCOCC1)c1ccc(N)cc1[N+](=O)[O-]. The lowest BCUT2D eigenvalue weighted by molar-refractivity contribution is -0.386. The molecule has 20 heavy (non-hydrogen) atoms. The summed E-state index contributed by atoms with van der Waals surface area (Å²) in [6, 6.07) is 4.94. The highest BCUT2D eigenvalue weighted by atomic mass is 16.6. The highest BCUT2D eigenvalue weighted by molar-refractivity contribution is 5.55. The number of benzene rings is 1. The van der Waals surface area contributed by atoms with E-state index < -0.39 is 0 Å². The second-order valence-electron chi connectivity index (χ2n) is 5.81. The molecule has 0 bridgehead atoms. The standard InChI is InChI=1S/C14H21N3O3/c1-14(2,10-16-5-7-20-8-6-16)12-4-3-11(15)9-13(12)17(18)19/h3-4,9H,5-8,10,15H2,1-2H3. The molecule has 6 heteroatoms. The fourth-order valence-electron chi connectivity index (χ4n) is 2.68. The summed E-state index contributed by atoms with van der Waals surface area (Å²) in [7, 11) is 0. The Hall–Kier alpha value is -1.66. The minimum Gasteiger partial charge on any atom is -0.399 e. The largest absolute Gasteiger partial charge is 0.399 e. The van der Waals surface area contributed by atoms with E-state index in [4.69, 9.17) is 10.5 Å². The van der Waals surface area contributed by atoms with E-state index in [0.717, 1.165) is 38.4 Å². The Kier molecular flexibility index (Phi) is 4.25. The first-order valence-electron chi connectivity index (χ1n) is 6.75. The average Bonchev–Trinajstić information content (AvgIpc) is 2.38. The molecule has 0 unspecified atom stereocenters. The third-order valence-electron chi connectivity index (χ3n) is 3.67. The first-order valence-corrected chi connectivity index (χ1v) is 6.75. The van der Waals surface area contributed by atoms with E-state index in [-0.39, 0.29) is 16.0 Å². The highest BCUT2D eigenvalue weighted by Gasteiger charge is 2.31. The number of hydrogen-bond donors (Lipinski definition) is 1. The summed E-state index contributed by atoms with van der Waals surface area (Å²) in [5.74, 6) is 0. The predicted molar refractivity (Wildman–Crippen MR) is 77.8 cm³/mol. The molecule has 0 aliphatic carbocycles. The molecule has 0 amide bonds. The summed E-state index contributed by atoms with van der Waals surface area (Å²) in [5.41, 5.74) is 6.59. The Balaban J connectivity index is 2.25. The van der Waals surface area contributed by atoms with Gasteiger partial charge in [-0.25, -0.2) is 0 Å². The smallest absolute Gasteiger partial charge is 0.275 e. The number of nitrogen functional groups attached to an aromatic ring is 1. The Morgan fingerprint density at radius 1 is 1.40 bits per heavy atom. The van der Waals surface area contributed by atoms with Crippen LogP contribution in [0.3, 0.4) is 0 Å². The molecule has 0 radical (unpaired) electrons. The van der Waals surface area contributed by atoms with Crippen molar-refractivity contribution in [2.24, 2.45) is 0 Å². The lowest BCUT2D eigenvalue weighted by Crippen LogP contribution is -2.43. The monoisotopic (exact) mass is 279 g/mol. The molecule has 110 valence electrons. The Morgan fingerprint density at radius 3 is 2.65 bits per heavy atom. The molecule has 1 aliphatic rings. The zero-order valence-corrected chi connectivity index (χ0v) is 12.0. The number of nitro groups is 1. The highest BCUT2D eigenvalue weighted by Crippen LogP contribution is 2.33. The molecular formula is C14H21N3O3. The maximum Gasteiger partial charge on any atom is 0.275 e. The topological polar surface area (TPSA) is 81.6 Å². The van der Waals surface area contributed by atoms with Gasteiger partial charge < -0.3 is 10.5 Å². The summed E-state index contributed by atoms with van der Waals surface area (Å²) in [6.45, 7) is 8.00. The van der Waals surface area contributed by atoms with Crippen LogP contribution < -0.4 is 5.73 Å². The predicted octanol–water partition coefficient (Wildman–Crippen LogP) is 1.79. The summed E-state index contributed by atoms with van der Waals surface area (Å²) < 4.78 is 5.33. The van der Waals surface area contributed by atoms with Crippen LogP contribution in [0.1, 0.15) is 19.4 Å². The third kappa shape index (κ3) is 3.26. The van der Waals surface area contributed by atoms with Crippen LogP contribution in [0.2, 0.25) is 0 Å². The van der Waals surface area contributed by atoms with Gasteiger partial charge in [0.15, 0.2) is 0 Å². The molecule has 0 aromatic heterocycles. The number of hydrogen-bond acceptors (Lipinski definition) is 5. The maximum atomic E-state index is 11.2. The van der Waals surface area contributed by atoms with Gasteiger partial charge in [-0.05, 0) is 12.1 Å². The first kappa shape index (κ1) is 14.7.